The maximum Gasteiger partial charge on any atom is 0.379 e. The number of ether oxygens (including phenoxy) is 4. The second-order valence-electron chi connectivity index (χ2n) is 5.27. The van der Waals surface area contributed by atoms with Crippen molar-refractivity contribution in [1.82, 2.24) is 0 Å². The lowest BCUT2D eigenvalue weighted by atomic mass is 10.1. The highest BCUT2D eigenvalue weighted by Crippen LogP contribution is 2.07. The third-order valence-electron chi connectivity index (χ3n) is 3.27. The maximum absolute atomic E-state index is 11.8. The van der Waals surface area contributed by atoms with Gasteiger partial charge in [-0.3, -0.25) is 4.79 Å². The third-order valence-corrected chi connectivity index (χ3v) is 3.27. The molecule has 7 nitrogen and oxygen atoms in total. The molecular formula is C20H20O7. The third kappa shape index (κ3) is 7.70. The first-order valence-electron chi connectivity index (χ1n) is 8.34. The second-order valence-corrected chi connectivity index (χ2v) is 5.27. The van der Waals surface area contributed by atoms with Gasteiger partial charge in [0, 0.05) is 5.56 Å². The molecule has 2 aromatic carbocycles. The number of hydrogen-bond donors (Lipinski definition) is 0. The number of ketones is 1. The summed E-state index contributed by atoms with van der Waals surface area (Å²) in [6.07, 6.45) is 0. The summed E-state index contributed by atoms with van der Waals surface area (Å²) in [6, 6.07) is 17.1. The number of carbonyl (C=O) groups excluding carboxylic acids is 3. The van der Waals surface area contributed by atoms with Gasteiger partial charge in [0.15, 0.2) is 6.61 Å². The van der Waals surface area contributed by atoms with Crippen LogP contribution in [-0.4, -0.2) is 50.8 Å². The second kappa shape index (κ2) is 11.4. The van der Waals surface area contributed by atoms with Gasteiger partial charge in [0.05, 0.1) is 13.2 Å². The lowest BCUT2D eigenvalue weighted by Gasteiger charge is -2.08. The molecule has 0 heterocycles. The monoisotopic (exact) mass is 372 g/mol. The minimum Gasteiger partial charge on any atom is -0.482 e. The zero-order valence-corrected chi connectivity index (χ0v) is 14.7. The Labute approximate surface area is 156 Å². The molecule has 0 aliphatic carbocycles. The molecule has 0 unspecified atom stereocenters. The minimum absolute atomic E-state index is 0.0495. The van der Waals surface area contributed by atoms with E-state index in [-0.39, 0.29) is 38.6 Å². The first-order valence-corrected chi connectivity index (χ1v) is 8.34. The quantitative estimate of drug-likeness (QED) is 0.258. The van der Waals surface area contributed by atoms with Gasteiger partial charge in [-0.05, 0) is 12.1 Å². The Kier molecular flexibility index (Phi) is 8.52. The molecule has 0 N–H and O–H groups in total. The van der Waals surface area contributed by atoms with Crippen LogP contribution in [0, 0.1) is 0 Å². The van der Waals surface area contributed by atoms with Gasteiger partial charge >= 0.3 is 11.9 Å². The molecule has 0 radical (unpaired) electrons. The molecule has 0 saturated carbocycles. The Morgan fingerprint density at radius 1 is 0.704 bits per heavy atom. The van der Waals surface area contributed by atoms with E-state index in [1.54, 1.807) is 42.5 Å². The van der Waals surface area contributed by atoms with Gasteiger partial charge in [-0.2, -0.15) is 0 Å². The highest BCUT2D eigenvalue weighted by molar-refractivity contribution is 6.40. The molecule has 2 rings (SSSR count). The Hall–Kier alpha value is -3.19. The molecular weight excluding hydrogens is 352 g/mol. The summed E-state index contributed by atoms with van der Waals surface area (Å²) < 4.78 is 20.2. The van der Waals surface area contributed by atoms with Crippen molar-refractivity contribution in [2.24, 2.45) is 0 Å². The molecule has 0 spiro atoms. The Balaban J connectivity index is 1.49. The zero-order valence-electron chi connectivity index (χ0n) is 14.7. The van der Waals surface area contributed by atoms with Crippen LogP contribution in [0.4, 0.5) is 0 Å². The predicted octanol–water partition coefficient (Wildman–Crippen LogP) is 2.05. The van der Waals surface area contributed by atoms with Crippen LogP contribution in [0.3, 0.4) is 0 Å². The van der Waals surface area contributed by atoms with Crippen molar-refractivity contribution < 1.29 is 33.3 Å². The van der Waals surface area contributed by atoms with Crippen LogP contribution in [0.25, 0.3) is 0 Å². The topological polar surface area (TPSA) is 88.1 Å². The van der Waals surface area contributed by atoms with E-state index in [2.05, 4.69) is 0 Å². The number of esters is 2. The van der Waals surface area contributed by atoms with Crippen LogP contribution in [0.1, 0.15) is 10.4 Å². The highest BCUT2D eigenvalue weighted by atomic mass is 16.6. The van der Waals surface area contributed by atoms with Crippen LogP contribution < -0.4 is 4.74 Å². The summed E-state index contributed by atoms with van der Waals surface area (Å²) in [5.74, 6) is -1.57. The SMILES string of the molecule is O=C(COc1ccccc1)OCCOCCOC(=O)C(=O)c1ccccc1. The Morgan fingerprint density at radius 2 is 1.30 bits per heavy atom. The lowest BCUT2D eigenvalue weighted by Crippen LogP contribution is -2.21. The van der Waals surface area contributed by atoms with Crippen molar-refractivity contribution >= 4 is 17.7 Å². The van der Waals surface area contributed by atoms with E-state index in [1.165, 1.54) is 12.1 Å². The van der Waals surface area contributed by atoms with Crippen LogP contribution in [0.15, 0.2) is 60.7 Å². The average Bonchev–Trinajstić information content (AvgIpc) is 2.72. The van der Waals surface area contributed by atoms with Crippen molar-refractivity contribution in [3.05, 3.63) is 66.2 Å². The number of hydrogen-bond acceptors (Lipinski definition) is 7. The molecule has 0 aliphatic rings. The summed E-state index contributed by atoms with van der Waals surface area (Å²) in [4.78, 5) is 34.9. The maximum atomic E-state index is 11.8. The average molecular weight is 372 g/mol. The standard InChI is InChI=1S/C20H20O7/c21-18(15-27-17-9-5-2-6-10-17)25-13-11-24-12-14-26-20(23)19(22)16-7-3-1-4-8-16/h1-10H,11-15H2. The van der Waals surface area contributed by atoms with Crippen LogP contribution in [0.5, 0.6) is 5.75 Å². The van der Waals surface area contributed by atoms with Crippen molar-refractivity contribution in [2.45, 2.75) is 0 Å². The fourth-order valence-electron chi connectivity index (χ4n) is 1.98. The fraction of sp³-hybridized carbons (Fsp3) is 0.250. The van der Waals surface area contributed by atoms with E-state index in [0.717, 1.165) is 0 Å². The molecule has 0 bridgehead atoms. The van der Waals surface area contributed by atoms with Crippen molar-refractivity contribution in [3.63, 3.8) is 0 Å². The summed E-state index contributed by atoms with van der Waals surface area (Å²) in [5, 5.41) is 0. The first-order chi connectivity index (χ1) is 13.2. The summed E-state index contributed by atoms with van der Waals surface area (Å²) in [5.41, 5.74) is 0.271. The molecule has 0 saturated heterocycles. The van der Waals surface area contributed by atoms with Gasteiger partial charge in [0.1, 0.15) is 19.0 Å². The van der Waals surface area contributed by atoms with E-state index in [9.17, 15) is 14.4 Å². The smallest absolute Gasteiger partial charge is 0.379 e. The fourth-order valence-corrected chi connectivity index (χ4v) is 1.98. The Morgan fingerprint density at radius 3 is 1.96 bits per heavy atom. The Bertz CT molecular complexity index is 729. The van der Waals surface area contributed by atoms with Crippen molar-refractivity contribution in [1.29, 1.82) is 0 Å². The van der Waals surface area contributed by atoms with Crippen molar-refractivity contribution in [3.8, 4) is 5.75 Å². The van der Waals surface area contributed by atoms with E-state index >= 15 is 0 Å². The van der Waals surface area contributed by atoms with E-state index in [4.69, 9.17) is 18.9 Å². The molecule has 7 heteroatoms. The van der Waals surface area contributed by atoms with Gasteiger partial charge < -0.3 is 18.9 Å². The number of para-hydroxylation sites is 1. The molecule has 142 valence electrons. The normalized spacial score (nSPS) is 10.1. The van der Waals surface area contributed by atoms with Gasteiger partial charge in [-0.1, -0.05) is 48.5 Å². The summed E-state index contributed by atoms with van der Waals surface area (Å²) in [6.45, 7) is 0.0205. The number of carbonyl (C=O) groups is 3. The minimum atomic E-state index is -0.936. The molecule has 0 fully saturated rings. The summed E-state index contributed by atoms with van der Waals surface area (Å²) >= 11 is 0. The zero-order chi connectivity index (χ0) is 19.3. The summed E-state index contributed by atoms with van der Waals surface area (Å²) in [7, 11) is 0. The first kappa shape index (κ1) is 20.1. The van der Waals surface area contributed by atoms with Gasteiger partial charge in [-0.15, -0.1) is 0 Å². The van der Waals surface area contributed by atoms with Gasteiger partial charge in [0.2, 0.25) is 0 Å². The van der Waals surface area contributed by atoms with Gasteiger partial charge in [-0.25, -0.2) is 9.59 Å². The van der Waals surface area contributed by atoms with Crippen LogP contribution >= 0.6 is 0 Å². The van der Waals surface area contributed by atoms with E-state index in [0.29, 0.717) is 5.75 Å². The molecule has 2 aromatic rings. The molecule has 0 atom stereocenters. The molecule has 0 aromatic heterocycles. The largest absolute Gasteiger partial charge is 0.482 e. The van der Waals surface area contributed by atoms with Crippen molar-refractivity contribution in [2.75, 3.05) is 33.0 Å². The van der Waals surface area contributed by atoms with E-state index < -0.39 is 17.7 Å². The molecule has 0 amide bonds. The van der Waals surface area contributed by atoms with E-state index in [1.807, 2.05) is 6.07 Å². The predicted molar refractivity (Wildman–Crippen MR) is 95.4 cm³/mol. The number of rotatable bonds is 11. The lowest BCUT2D eigenvalue weighted by molar-refractivity contribution is -0.147. The number of benzene rings is 2. The molecule has 0 aliphatic heterocycles. The van der Waals surface area contributed by atoms with Gasteiger partial charge in [0.25, 0.3) is 5.78 Å². The van der Waals surface area contributed by atoms with Crippen LogP contribution in [0.2, 0.25) is 0 Å². The van der Waals surface area contributed by atoms with Crippen LogP contribution in [-0.2, 0) is 23.8 Å². The highest BCUT2D eigenvalue weighted by Gasteiger charge is 2.17. The number of Topliss-reactive ketones (excluding diaryl/α,β-unsaturated/α-hetero) is 1. The molecule has 27 heavy (non-hydrogen) atoms.